The highest BCUT2D eigenvalue weighted by atomic mass is 16.5. The zero-order valence-electron chi connectivity index (χ0n) is 17.0. The van der Waals surface area contributed by atoms with E-state index in [1.54, 1.807) is 21.3 Å². The third-order valence-electron chi connectivity index (χ3n) is 5.30. The molecule has 0 saturated heterocycles. The molecule has 0 aliphatic heterocycles. The topological polar surface area (TPSA) is 60.8 Å². The van der Waals surface area contributed by atoms with Gasteiger partial charge in [-0.3, -0.25) is 0 Å². The van der Waals surface area contributed by atoms with Crippen LogP contribution in [0.3, 0.4) is 0 Å². The van der Waals surface area contributed by atoms with Gasteiger partial charge in [0.2, 0.25) is 5.75 Å². The quantitative estimate of drug-likeness (QED) is 0.443. The van der Waals surface area contributed by atoms with Crippen molar-refractivity contribution >= 4 is 16.4 Å². The Morgan fingerprint density at radius 3 is 2.40 bits per heavy atom. The lowest BCUT2D eigenvalue weighted by Crippen LogP contribution is -1.98. The number of fused-ring (bicyclic) bond motifs is 2. The number of H-pyrrole nitrogens is 1. The highest BCUT2D eigenvalue weighted by Gasteiger charge is 2.17. The number of nitrogens with zero attached hydrogens (tertiary/aromatic N) is 2. The van der Waals surface area contributed by atoms with Crippen molar-refractivity contribution in [2.24, 2.45) is 0 Å². The van der Waals surface area contributed by atoms with Gasteiger partial charge >= 0.3 is 0 Å². The minimum absolute atomic E-state index is 0.559. The van der Waals surface area contributed by atoms with E-state index in [9.17, 15) is 0 Å². The van der Waals surface area contributed by atoms with E-state index >= 15 is 0 Å². The van der Waals surface area contributed by atoms with E-state index in [4.69, 9.17) is 19.2 Å². The number of ether oxygens (including phenoxy) is 3. The molecule has 6 heteroatoms. The number of aromatic nitrogens is 3. The summed E-state index contributed by atoms with van der Waals surface area (Å²) in [6, 6.07) is 16.3. The molecule has 6 nitrogen and oxygen atoms in total. The summed E-state index contributed by atoms with van der Waals surface area (Å²) in [4.78, 5) is 8.26. The summed E-state index contributed by atoms with van der Waals surface area (Å²) in [6.07, 6.45) is 6.01. The molecule has 0 unspecified atom stereocenters. The summed E-state index contributed by atoms with van der Waals surface area (Å²) in [5.41, 5.74) is 5.75. The Hall–Kier alpha value is -3.93. The Labute approximate surface area is 173 Å². The minimum Gasteiger partial charge on any atom is -0.493 e. The van der Waals surface area contributed by atoms with Crippen LogP contribution in [0.15, 0.2) is 67.1 Å². The van der Waals surface area contributed by atoms with Gasteiger partial charge in [-0.05, 0) is 42.5 Å². The van der Waals surface area contributed by atoms with E-state index < -0.39 is 0 Å². The minimum atomic E-state index is 0.559. The van der Waals surface area contributed by atoms with Crippen molar-refractivity contribution in [3.63, 3.8) is 0 Å². The number of rotatable bonds is 5. The zero-order valence-corrected chi connectivity index (χ0v) is 17.0. The highest BCUT2D eigenvalue weighted by Crippen LogP contribution is 2.42. The van der Waals surface area contributed by atoms with Crippen LogP contribution in [0.2, 0.25) is 0 Å². The summed E-state index contributed by atoms with van der Waals surface area (Å²) < 4.78 is 18.6. The van der Waals surface area contributed by atoms with Crippen molar-refractivity contribution in [3.05, 3.63) is 67.1 Å². The maximum absolute atomic E-state index is 5.55. The number of hydrogen-bond acceptors (Lipinski definition) is 4. The standard InChI is InChI=1S/C24H21N3O3/c1-28-21-12-17(13-22(29-2)24(21)30-3)23-20-5-4-10-27(20)14-19(26-23)15-6-7-18-16(11-15)8-9-25-18/h4-14,25H,1-3H3. The van der Waals surface area contributed by atoms with E-state index in [0.717, 1.165) is 38.9 Å². The van der Waals surface area contributed by atoms with Gasteiger partial charge in [0.1, 0.15) is 0 Å². The fraction of sp³-hybridized carbons (Fsp3) is 0.125. The molecule has 2 aromatic carbocycles. The molecular weight excluding hydrogens is 378 g/mol. The molecule has 1 N–H and O–H groups in total. The molecule has 150 valence electrons. The van der Waals surface area contributed by atoms with Gasteiger partial charge in [0.25, 0.3) is 0 Å². The fourth-order valence-corrected chi connectivity index (χ4v) is 3.83. The average Bonchev–Trinajstić information content (AvgIpc) is 3.45. The van der Waals surface area contributed by atoms with Crippen LogP contribution in [-0.2, 0) is 0 Å². The van der Waals surface area contributed by atoms with Crippen LogP contribution in [0.5, 0.6) is 17.2 Å². The molecular formula is C24H21N3O3. The Bertz CT molecular complexity index is 1340. The first-order chi connectivity index (χ1) is 14.7. The first-order valence-electron chi connectivity index (χ1n) is 9.57. The largest absolute Gasteiger partial charge is 0.493 e. The van der Waals surface area contributed by atoms with Crippen molar-refractivity contribution in [2.75, 3.05) is 21.3 Å². The van der Waals surface area contributed by atoms with Crippen molar-refractivity contribution < 1.29 is 14.2 Å². The molecule has 30 heavy (non-hydrogen) atoms. The predicted molar refractivity (Wildman–Crippen MR) is 118 cm³/mol. The third kappa shape index (κ3) is 2.85. The maximum atomic E-state index is 5.55. The third-order valence-corrected chi connectivity index (χ3v) is 5.30. The molecule has 0 fully saturated rings. The van der Waals surface area contributed by atoms with Crippen LogP contribution >= 0.6 is 0 Å². The van der Waals surface area contributed by atoms with Crippen LogP contribution in [0, 0.1) is 0 Å². The monoisotopic (exact) mass is 399 g/mol. The summed E-state index contributed by atoms with van der Waals surface area (Å²) in [5.74, 6) is 1.75. The van der Waals surface area contributed by atoms with E-state index in [2.05, 4.69) is 33.7 Å². The fourth-order valence-electron chi connectivity index (χ4n) is 3.83. The molecule has 3 aromatic heterocycles. The molecule has 5 rings (SSSR count). The van der Waals surface area contributed by atoms with Crippen LogP contribution in [0.1, 0.15) is 0 Å². The molecule has 5 aromatic rings. The van der Waals surface area contributed by atoms with E-state index in [1.807, 2.05) is 42.9 Å². The molecule has 0 radical (unpaired) electrons. The molecule has 0 atom stereocenters. The van der Waals surface area contributed by atoms with Gasteiger partial charge < -0.3 is 23.6 Å². The van der Waals surface area contributed by atoms with E-state index in [0.29, 0.717) is 17.2 Å². The molecule has 0 aliphatic rings. The van der Waals surface area contributed by atoms with Crippen molar-refractivity contribution in [1.82, 2.24) is 14.4 Å². The Kier molecular flexibility index (Phi) is 4.32. The van der Waals surface area contributed by atoms with Gasteiger partial charge in [0.15, 0.2) is 11.5 Å². The molecule has 0 bridgehead atoms. The lowest BCUT2D eigenvalue weighted by Gasteiger charge is -2.15. The number of nitrogens with one attached hydrogen (secondary N) is 1. The second-order valence-electron chi connectivity index (χ2n) is 6.97. The molecule has 0 spiro atoms. The summed E-state index contributed by atoms with van der Waals surface area (Å²) in [5, 5.41) is 1.15. The summed E-state index contributed by atoms with van der Waals surface area (Å²) in [6.45, 7) is 0. The summed E-state index contributed by atoms with van der Waals surface area (Å²) >= 11 is 0. The first kappa shape index (κ1) is 18.1. The lowest BCUT2D eigenvalue weighted by atomic mass is 10.1. The predicted octanol–water partition coefficient (Wildman–Crippen LogP) is 5.18. The number of methoxy groups -OCH3 is 3. The Balaban J connectivity index is 1.74. The van der Waals surface area contributed by atoms with E-state index in [1.165, 1.54) is 0 Å². The molecule has 3 heterocycles. The maximum Gasteiger partial charge on any atom is 0.203 e. The Morgan fingerprint density at radius 1 is 0.867 bits per heavy atom. The van der Waals surface area contributed by atoms with Crippen molar-refractivity contribution in [3.8, 4) is 39.8 Å². The van der Waals surface area contributed by atoms with Crippen LogP contribution in [0.4, 0.5) is 0 Å². The van der Waals surface area contributed by atoms with Crippen LogP contribution in [0.25, 0.3) is 38.9 Å². The smallest absolute Gasteiger partial charge is 0.203 e. The van der Waals surface area contributed by atoms with Crippen LogP contribution in [-0.4, -0.2) is 35.7 Å². The van der Waals surface area contributed by atoms with Gasteiger partial charge in [-0.15, -0.1) is 0 Å². The van der Waals surface area contributed by atoms with E-state index in [-0.39, 0.29) is 0 Å². The number of aromatic amines is 1. The Morgan fingerprint density at radius 2 is 1.67 bits per heavy atom. The number of hydrogen-bond donors (Lipinski definition) is 1. The summed E-state index contributed by atoms with van der Waals surface area (Å²) in [7, 11) is 4.83. The van der Waals surface area contributed by atoms with Gasteiger partial charge in [0.05, 0.1) is 38.2 Å². The van der Waals surface area contributed by atoms with Gasteiger partial charge in [-0.2, -0.15) is 0 Å². The second-order valence-corrected chi connectivity index (χ2v) is 6.97. The second kappa shape index (κ2) is 7.15. The zero-order chi connectivity index (χ0) is 20.7. The normalized spacial score (nSPS) is 11.2. The highest BCUT2D eigenvalue weighted by molar-refractivity contribution is 5.86. The lowest BCUT2D eigenvalue weighted by molar-refractivity contribution is 0.324. The first-order valence-corrected chi connectivity index (χ1v) is 9.57. The van der Waals surface area contributed by atoms with Gasteiger partial charge in [0, 0.05) is 40.6 Å². The molecule has 0 saturated carbocycles. The van der Waals surface area contributed by atoms with Crippen LogP contribution < -0.4 is 14.2 Å². The van der Waals surface area contributed by atoms with Crippen molar-refractivity contribution in [2.45, 2.75) is 0 Å². The van der Waals surface area contributed by atoms with Gasteiger partial charge in [-0.25, -0.2) is 4.98 Å². The van der Waals surface area contributed by atoms with Gasteiger partial charge in [-0.1, -0.05) is 6.07 Å². The van der Waals surface area contributed by atoms with Crippen molar-refractivity contribution in [1.29, 1.82) is 0 Å². The molecule has 0 amide bonds. The number of benzene rings is 2. The SMILES string of the molecule is COc1cc(-c2nc(-c3ccc4[nH]ccc4c3)cn3cccc23)cc(OC)c1OC. The average molecular weight is 399 g/mol. The molecule has 0 aliphatic carbocycles.